The molecule has 0 amide bonds. The molecule has 2 rings (SSSR count). The summed E-state index contributed by atoms with van der Waals surface area (Å²) in [5.41, 5.74) is 3.97. The van der Waals surface area contributed by atoms with Crippen molar-refractivity contribution in [3.8, 4) is 17.2 Å². The van der Waals surface area contributed by atoms with Gasteiger partial charge in [-0.1, -0.05) is 24.3 Å². The lowest BCUT2D eigenvalue weighted by Crippen LogP contribution is -1.83. The molecular formula is C15H14O3. The van der Waals surface area contributed by atoms with Gasteiger partial charge in [0.2, 0.25) is 0 Å². The summed E-state index contributed by atoms with van der Waals surface area (Å²) in [6, 6.07) is 6.81. The molecule has 3 nitrogen and oxygen atoms in total. The molecule has 0 aliphatic carbocycles. The van der Waals surface area contributed by atoms with Gasteiger partial charge in [-0.2, -0.15) is 0 Å². The van der Waals surface area contributed by atoms with Crippen molar-refractivity contribution >= 4 is 16.8 Å². The molecule has 0 radical (unpaired) electrons. The minimum atomic E-state index is -0.333. The average molecular weight is 242 g/mol. The SMILES string of the molecule is CC(C)=C=Cc1c(O)c(O)c2ccccc2c1O. The molecule has 18 heavy (non-hydrogen) atoms. The van der Waals surface area contributed by atoms with E-state index in [2.05, 4.69) is 5.73 Å². The highest BCUT2D eigenvalue weighted by Gasteiger charge is 2.15. The van der Waals surface area contributed by atoms with Crippen LogP contribution < -0.4 is 0 Å². The van der Waals surface area contributed by atoms with E-state index in [1.165, 1.54) is 6.08 Å². The number of phenols is 3. The summed E-state index contributed by atoms with van der Waals surface area (Å²) < 4.78 is 0. The van der Waals surface area contributed by atoms with Crippen LogP contribution in [0.25, 0.3) is 16.8 Å². The summed E-state index contributed by atoms with van der Waals surface area (Å²) in [5, 5.41) is 30.8. The lowest BCUT2D eigenvalue weighted by Gasteiger charge is -2.09. The molecule has 0 heterocycles. The first kappa shape index (κ1) is 12.1. The minimum Gasteiger partial charge on any atom is -0.507 e. The molecule has 0 aromatic heterocycles. The van der Waals surface area contributed by atoms with Gasteiger partial charge in [0.15, 0.2) is 11.5 Å². The molecule has 0 fully saturated rings. The van der Waals surface area contributed by atoms with Crippen molar-refractivity contribution in [2.75, 3.05) is 0 Å². The maximum Gasteiger partial charge on any atom is 0.169 e. The summed E-state index contributed by atoms with van der Waals surface area (Å²) in [6.07, 6.45) is 1.46. The van der Waals surface area contributed by atoms with E-state index in [9.17, 15) is 15.3 Å². The van der Waals surface area contributed by atoms with Crippen LogP contribution in [-0.4, -0.2) is 15.3 Å². The number of rotatable bonds is 1. The first-order valence-corrected chi connectivity index (χ1v) is 5.58. The van der Waals surface area contributed by atoms with Crippen molar-refractivity contribution in [1.29, 1.82) is 0 Å². The molecule has 0 saturated carbocycles. The number of phenolic OH excluding ortho intramolecular Hbond substituents is 3. The maximum absolute atomic E-state index is 10.1. The van der Waals surface area contributed by atoms with Gasteiger partial charge in [-0.25, -0.2) is 0 Å². The number of aromatic hydroxyl groups is 3. The fourth-order valence-electron chi connectivity index (χ4n) is 1.76. The highest BCUT2D eigenvalue weighted by molar-refractivity contribution is 5.98. The standard InChI is InChI=1S/C15H14O3/c1-9(2)7-8-12-13(16)10-5-3-4-6-11(10)14(17)15(12)18/h3-6,8,16-18H,1-2H3. The summed E-state index contributed by atoms with van der Waals surface area (Å²) in [7, 11) is 0. The Hall–Kier alpha value is -2.38. The van der Waals surface area contributed by atoms with Crippen LogP contribution >= 0.6 is 0 Å². The Labute approximate surface area is 105 Å². The molecule has 3 heteroatoms. The van der Waals surface area contributed by atoms with E-state index in [1.54, 1.807) is 24.3 Å². The van der Waals surface area contributed by atoms with Crippen LogP contribution in [0.1, 0.15) is 19.4 Å². The summed E-state index contributed by atoms with van der Waals surface area (Å²) in [6.45, 7) is 3.71. The van der Waals surface area contributed by atoms with Gasteiger partial charge in [-0.3, -0.25) is 0 Å². The molecular weight excluding hydrogens is 228 g/mol. The van der Waals surface area contributed by atoms with Gasteiger partial charge in [-0.05, 0) is 25.5 Å². The number of hydrogen-bond acceptors (Lipinski definition) is 3. The fourth-order valence-corrected chi connectivity index (χ4v) is 1.76. The molecule has 0 spiro atoms. The number of hydrogen-bond donors (Lipinski definition) is 3. The highest BCUT2D eigenvalue weighted by atomic mass is 16.3. The summed E-state index contributed by atoms with van der Waals surface area (Å²) >= 11 is 0. The Morgan fingerprint density at radius 3 is 2.06 bits per heavy atom. The van der Waals surface area contributed by atoms with Crippen molar-refractivity contribution < 1.29 is 15.3 Å². The van der Waals surface area contributed by atoms with E-state index in [1.807, 2.05) is 13.8 Å². The number of benzene rings is 2. The van der Waals surface area contributed by atoms with E-state index < -0.39 is 0 Å². The molecule has 3 N–H and O–H groups in total. The molecule has 2 aromatic carbocycles. The second kappa shape index (κ2) is 4.47. The van der Waals surface area contributed by atoms with Gasteiger partial charge < -0.3 is 15.3 Å². The molecule has 0 aliphatic heterocycles. The van der Waals surface area contributed by atoms with Crippen LogP contribution in [0.2, 0.25) is 0 Å². The molecule has 0 atom stereocenters. The molecule has 0 unspecified atom stereocenters. The van der Waals surface area contributed by atoms with Crippen molar-refractivity contribution in [2.45, 2.75) is 13.8 Å². The van der Waals surface area contributed by atoms with Gasteiger partial charge in [0.25, 0.3) is 0 Å². The smallest absolute Gasteiger partial charge is 0.169 e. The van der Waals surface area contributed by atoms with Crippen LogP contribution in [0.15, 0.2) is 35.6 Å². The van der Waals surface area contributed by atoms with Crippen LogP contribution in [0.3, 0.4) is 0 Å². The second-order valence-electron chi connectivity index (χ2n) is 4.29. The van der Waals surface area contributed by atoms with Gasteiger partial charge in [-0.15, -0.1) is 5.73 Å². The second-order valence-corrected chi connectivity index (χ2v) is 4.29. The minimum absolute atomic E-state index is 0.0605. The van der Waals surface area contributed by atoms with Crippen molar-refractivity contribution in [3.05, 3.63) is 41.1 Å². The molecule has 0 aliphatic rings. The van der Waals surface area contributed by atoms with Crippen LogP contribution in [0.5, 0.6) is 17.2 Å². The van der Waals surface area contributed by atoms with E-state index in [0.717, 1.165) is 5.57 Å². The topological polar surface area (TPSA) is 60.7 Å². The highest BCUT2D eigenvalue weighted by Crippen LogP contribution is 2.44. The maximum atomic E-state index is 10.1. The normalized spacial score (nSPS) is 10.1. The van der Waals surface area contributed by atoms with E-state index >= 15 is 0 Å². The fraction of sp³-hybridized carbons (Fsp3) is 0.133. The molecule has 0 saturated heterocycles. The third kappa shape index (κ3) is 1.92. The Bertz CT molecular complexity index is 674. The quantitative estimate of drug-likeness (QED) is 0.407. The van der Waals surface area contributed by atoms with Gasteiger partial charge in [0, 0.05) is 10.8 Å². The lowest BCUT2D eigenvalue weighted by atomic mass is 10.0. The van der Waals surface area contributed by atoms with Crippen molar-refractivity contribution in [3.63, 3.8) is 0 Å². The van der Waals surface area contributed by atoms with Gasteiger partial charge >= 0.3 is 0 Å². The van der Waals surface area contributed by atoms with Crippen LogP contribution in [0.4, 0.5) is 0 Å². The Balaban J connectivity index is 2.87. The lowest BCUT2D eigenvalue weighted by molar-refractivity contribution is 0.401. The first-order chi connectivity index (χ1) is 8.52. The molecule has 92 valence electrons. The van der Waals surface area contributed by atoms with Crippen LogP contribution in [0, 0.1) is 0 Å². The van der Waals surface area contributed by atoms with E-state index in [4.69, 9.17) is 0 Å². The number of allylic oxidation sites excluding steroid dienone is 1. The Morgan fingerprint density at radius 1 is 0.944 bits per heavy atom. The first-order valence-electron chi connectivity index (χ1n) is 5.58. The summed E-state index contributed by atoms with van der Waals surface area (Å²) in [4.78, 5) is 0. The monoisotopic (exact) mass is 242 g/mol. The third-order valence-electron chi connectivity index (χ3n) is 2.68. The number of fused-ring (bicyclic) bond motifs is 1. The van der Waals surface area contributed by atoms with Gasteiger partial charge in [0.05, 0.1) is 5.56 Å². The largest absolute Gasteiger partial charge is 0.507 e. The Kier molecular flexibility index (Phi) is 3.00. The van der Waals surface area contributed by atoms with Crippen molar-refractivity contribution in [1.82, 2.24) is 0 Å². The average Bonchev–Trinajstić information content (AvgIpc) is 2.36. The summed E-state index contributed by atoms with van der Waals surface area (Å²) in [5.74, 6) is -0.625. The predicted molar refractivity (Wildman–Crippen MR) is 71.8 cm³/mol. The third-order valence-corrected chi connectivity index (χ3v) is 2.68. The predicted octanol–water partition coefficient (Wildman–Crippen LogP) is 3.53. The zero-order valence-electron chi connectivity index (χ0n) is 10.2. The van der Waals surface area contributed by atoms with Crippen molar-refractivity contribution in [2.24, 2.45) is 0 Å². The zero-order valence-corrected chi connectivity index (χ0v) is 10.2. The Morgan fingerprint density at radius 2 is 1.50 bits per heavy atom. The molecule has 2 aromatic rings. The van der Waals surface area contributed by atoms with Crippen LogP contribution in [-0.2, 0) is 0 Å². The molecule has 0 bridgehead atoms. The van der Waals surface area contributed by atoms with E-state index in [-0.39, 0.29) is 22.8 Å². The van der Waals surface area contributed by atoms with Gasteiger partial charge in [0.1, 0.15) is 5.75 Å². The van der Waals surface area contributed by atoms with E-state index in [0.29, 0.717) is 10.8 Å². The zero-order chi connectivity index (χ0) is 13.3.